The van der Waals surface area contributed by atoms with Crippen LogP contribution in [0.5, 0.6) is 0 Å². The minimum absolute atomic E-state index is 0.143. The molecule has 1 saturated heterocycles. The molecule has 1 fully saturated rings. The van der Waals surface area contributed by atoms with Crippen molar-refractivity contribution in [3.63, 3.8) is 0 Å². The lowest BCUT2D eigenvalue weighted by molar-refractivity contribution is -0.117. The highest BCUT2D eigenvalue weighted by Gasteiger charge is 2.22. The van der Waals surface area contributed by atoms with Crippen molar-refractivity contribution in [3.8, 4) is 0 Å². The molecule has 1 aliphatic heterocycles. The molecule has 0 radical (unpaired) electrons. The zero-order valence-electron chi connectivity index (χ0n) is 17.0. The number of aryl methyl sites for hydroxylation is 1. The lowest BCUT2D eigenvalue weighted by atomic mass is 10.1. The average molecular weight is 423 g/mol. The van der Waals surface area contributed by atoms with Crippen LogP contribution in [0.15, 0.2) is 48.5 Å². The highest BCUT2D eigenvalue weighted by Crippen LogP contribution is 2.24. The lowest BCUT2D eigenvalue weighted by Crippen LogP contribution is -2.23. The Bertz CT molecular complexity index is 1100. The highest BCUT2D eigenvalue weighted by molar-refractivity contribution is 6.31. The van der Waals surface area contributed by atoms with Gasteiger partial charge in [-0.1, -0.05) is 29.8 Å². The van der Waals surface area contributed by atoms with E-state index in [1.807, 2.05) is 62.4 Å². The number of hydrogen-bond acceptors (Lipinski definition) is 3. The van der Waals surface area contributed by atoms with E-state index < -0.39 is 0 Å². The molecule has 0 unspecified atom stereocenters. The summed E-state index contributed by atoms with van der Waals surface area (Å²) in [6.45, 7) is 4.95. The summed E-state index contributed by atoms with van der Waals surface area (Å²) in [5, 5.41) is 8.15. The minimum Gasteiger partial charge on any atom is -0.322 e. The van der Waals surface area contributed by atoms with Gasteiger partial charge >= 0.3 is 0 Å². The molecular weight excluding hydrogens is 400 g/mol. The molecule has 0 spiro atoms. The molecule has 1 aromatic heterocycles. The Morgan fingerprint density at radius 3 is 2.53 bits per heavy atom. The maximum atomic E-state index is 12.9. The van der Waals surface area contributed by atoms with Crippen molar-refractivity contribution < 1.29 is 9.59 Å². The monoisotopic (exact) mass is 422 g/mol. The molecule has 0 saturated carbocycles. The summed E-state index contributed by atoms with van der Waals surface area (Å²) < 4.78 is 1.80. The van der Waals surface area contributed by atoms with Crippen LogP contribution in [0, 0.1) is 13.8 Å². The molecule has 2 heterocycles. The van der Waals surface area contributed by atoms with Gasteiger partial charge in [-0.25, -0.2) is 0 Å². The third kappa shape index (κ3) is 3.96. The zero-order valence-corrected chi connectivity index (χ0v) is 17.7. The molecule has 4 rings (SSSR count). The smallest absolute Gasteiger partial charge is 0.259 e. The Morgan fingerprint density at radius 1 is 1.13 bits per heavy atom. The summed E-state index contributed by atoms with van der Waals surface area (Å²) in [5.74, 6) is -0.0654. The first kappa shape index (κ1) is 20.2. The SMILES string of the molecule is Cc1nn(Cc2ccccc2Cl)c(C)c1C(=O)Nc1ccc(N2CCCC2=O)cc1. The number of benzene rings is 2. The third-order valence-corrected chi connectivity index (χ3v) is 5.77. The van der Waals surface area contributed by atoms with Gasteiger partial charge in [-0.15, -0.1) is 0 Å². The Hall–Kier alpha value is -3.12. The van der Waals surface area contributed by atoms with Gasteiger partial charge in [0.1, 0.15) is 0 Å². The third-order valence-electron chi connectivity index (χ3n) is 5.40. The maximum absolute atomic E-state index is 12.9. The first-order valence-electron chi connectivity index (χ1n) is 9.93. The number of carbonyl (C=O) groups is 2. The molecule has 0 atom stereocenters. The summed E-state index contributed by atoms with van der Waals surface area (Å²) in [6, 6.07) is 15.0. The summed E-state index contributed by atoms with van der Waals surface area (Å²) >= 11 is 6.27. The molecule has 7 heteroatoms. The summed E-state index contributed by atoms with van der Waals surface area (Å²) in [4.78, 5) is 26.6. The summed E-state index contributed by atoms with van der Waals surface area (Å²) in [6.07, 6.45) is 1.48. The van der Waals surface area contributed by atoms with E-state index in [2.05, 4.69) is 10.4 Å². The van der Waals surface area contributed by atoms with Gasteiger partial charge in [0.25, 0.3) is 5.91 Å². The van der Waals surface area contributed by atoms with E-state index in [0.29, 0.717) is 34.9 Å². The standard InChI is InChI=1S/C23H23ClN4O2/c1-15-22(16(2)28(26-15)14-17-6-3-4-7-20(17)24)23(30)25-18-9-11-19(12-10-18)27-13-5-8-21(27)29/h3-4,6-7,9-12H,5,8,13-14H2,1-2H3,(H,25,30). The summed E-state index contributed by atoms with van der Waals surface area (Å²) in [5.41, 5.74) is 4.48. The molecule has 0 aliphatic carbocycles. The van der Waals surface area contributed by atoms with Crippen LogP contribution in [0.1, 0.15) is 40.2 Å². The van der Waals surface area contributed by atoms with Crippen molar-refractivity contribution in [2.24, 2.45) is 0 Å². The van der Waals surface area contributed by atoms with Crippen LogP contribution in [0.3, 0.4) is 0 Å². The Kier molecular flexibility index (Phi) is 5.59. The molecular formula is C23H23ClN4O2. The van der Waals surface area contributed by atoms with Crippen LogP contribution in [0.2, 0.25) is 5.02 Å². The number of carbonyl (C=O) groups excluding carboxylic acids is 2. The first-order valence-corrected chi connectivity index (χ1v) is 10.3. The van der Waals surface area contributed by atoms with Crippen LogP contribution in [-0.4, -0.2) is 28.1 Å². The number of nitrogens with one attached hydrogen (secondary N) is 1. The van der Waals surface area contributed by atoms with E-state index in [1.54, 1.807) is 9.58 Å². The van der Waals surface area contributed by atoms with Crippen molar-refractivity contribution in [1.82, 2.24) is 9.78 Å². The van der Waals surface area contributed by atoms with Crippen molar-refractivity contribution in [3.05, 3.63) is 76.1 Å². The molecule has 6 nitrogen and oxygen atoms in total. The first-order chi connectivity index (χ1) is 14.4. The number of aromatic nitrogens is 2. The van der Waals surface area contributed by atoms with Crippen LogP contribution in [0.25, 0.3) is 0 Å². The van der Waals surface area contributed by atoms with Gasteiger partial charge < -0.3 is 10.2 Å². The number of hydrogen-bond donors (Lipinski definition) is 1. The number of amides is 2. The van der Waals surface area contributed by atoms with E-state index in [-0.39, 0.29) is 11.8 Å². The van der Waals surface area contributed by atoms with Gasteiger partial charge in [-0.2, -0.15) is 5.10 Å². The molecule has 1 aliphatic rings. The molecule has 154 valence electrons. The fraction of sp³-hybridized carbons (Fsp3) is 0.261. The fourth-order valence-corrected chi connectivity index (χ4v) is 4.00. The maximum Gasteiger partial charge on any atom is 0.259 e. The van der Waals surface area contributed by atoms with Crippen LogP contribution in [0.4, 0.5) is 11.4 Å². The van der Waals surface area contributed by atoms with Crippen molar-refractivity contribution >= 4 is 34.8 Å². The zero-order chi connectivity index (χ0) is 21.3. The predicted molar refractivity (Wildman–Crippen MR) is 118 cm³/mol. The van der Waals surface area contributed by atoms with Gasteiger partial charge in [0, 0.05) is 35.1 Å². The van der Waals surface area contributed by atoms with Crippen LogP contribution in [-0.2, 0) is 11.3 Å². The normalized spacial score (nSPS) is 13.7. The number of anilines is 2. The van der Waals surface area contributed by atoms with Crippen molar-refractivity contribution in [1.29, 1.82) is 0 Å². The molecule has 3 aromatic rings. The fourth-order valence-electron chi connectivity index (χ4n) is 3.81. The topological polar surface area (TPSA) is 67.2 Å². The quantitative estimate of drug-likeness (QED) is 0.654. The van der Waals surface area contributed by atoms with E-state index in [9.17, 15) is 9.59 Å². The van der Waals surface area contributed by atoms with Gasteiger partial charge in [-0.05, 0) is 56.2 Å². The number of nitrogens with zero attached hydrogens (tertiary/aromatic N) is 3. The Morgan fingerprint density at radius 2 is 1.87 bits per heavy atom. The van der Waals surface area contributed by atoms with E-state index in [4.69, 9.17) is 11.6 Å². The van der Waals surface area contributed by atoms with Gasteiger partial charge in [0.15, 0.2) is 0 Å². The Balaban J connectivity index is 1.50. The van der Waals surface area contributed by atoms with Crippen molar-refractivity contribution in [2.75, 3.05) is 16.8 Å². The molecule has 2 aromatic carbocycles. The van der Waals surface area contributed by atoms with Gasteiger partial charge in [0.05, 0.1) is 17.8 Å². The largest absolute Gasteiger partial charge is 0.322 e. The van der Waals surface area contributed by atoms with E-state index in [1.165, 1.54) is 0 Å². The average Bonchev–Trinajstić information content (AvgIpc) is 3.27. The lowest BCUT2D eigenvalue weighted by Gasteiger charge is -2.16. The molecule has 1 N–H and O–H groups in total. The Labute approximate surface area is 180 Å². The highest BCUT2D eigenvalue weighted by atomic mass is 35.5. The van der Waals surface area contributed by atoms with E-state index in [0.717, 1.165) is 29.9 Å². The van der Waals surface area contributed by atoms with Gasteiger partial charge in [-0.3, -0.25) is 14.3 Å². The van der Waals surface area contributed by atoms with Crippen LogP contribution < -0.4 is 10.2 Å². The van der Waals surface area contributed by atoms with E-state index >= 15 is 0 Å². The molecule has 30 heavy (non-hydrogen) atoms. The second-order valence-corrected chi connectivity index (χ2v) is 7.85. The molecule has 0 bridgehead atoms. The number of rotatable bonds is 5. The summed E-state index contributed by atoms with van der Waals surface area (Å²) in [7, 11) is 0. The molecule has 2 amide bonds. The number of halogens is 1. The minimum atomic E-state index is -0.208. The van der Waals surface area contributed by atoms with Gasteiger partial charge in [0.2, 0.25) is 5.91 Å². The second-order valence-electron chi connectivity index (χ2n) is 7.44. The second kappa shape index (κ2) is 8.32. The van der Waals surface area contributed by atoms with Crippen LogP contribution >= 0.6 is 11.6 Å². The van der Waals surface area contributed by atoms with Crippen molar-refractivity contribution in [2.45, 2.75) is 33.2 Å². The predicted octanol–water partition coefficient (Wildman–Crippen LogP) is 4.58.